The van der Waals surface area contributed by atoms with Crippen molar-refractivity contribution >= 4 is 11.8 Å². The number of aromatic amines is 1. The molecule has 3 unspecified atom stereocenters. The molecule has 2 aliphatic rings. The third kappa shape index (κ3) is 2.04. The molecular weight excluding hydrogens is 236 g/mol. The largest absolute Gasteiger partial charge is 0.344 e. The molecule has 0 spiro atoms. The van der Waals surface area contributed by atoms with Gasteiger partial charge in [-0.3, -0.25) is 4.57 Å². The van der Waals surface area contributed by atoms with Crippen LogP contribution in [0.5, 0.6) is 0 Å². The van der Waals surface area contributed by atoms with Gasteiger partial charge in [0.1, 0.15) is 0 Å². The number of hydrogen-bond acceptors (Lipinski definition) is 4. The lowest BCUT2D eigenvalue weighted by atomic mass is 10.1. The van der Waals surface area contributed by atoms with Crippen LogP contribution in [0.15, 0.2) is 9.95 Å². The average Bonchev–Trinajstić information content (AvgIpc) is 3.01. The zero-order valence-electron chi connectivity index (χ0n) is 9.93. The van der Waals surface area contributed by atoms with Gasteiger partial charge >= 0.3 is 5.69 Å². The molecule has 2 aliphatic carbocycles. The van der Waals surface area contributed by atoms with Gasteiger partial charge in [0.05, 0.1) is 0 Å². The molecule has 0 radical (unpaired) electrons. The summed E-state index contributed by atoms with van der Waals surface area (Å²) in [6.07, 6.45) is 4.41. The highest BCUT2D eigenvalue weighted by molar-refractivity contribution is 7.99. The molecule has 3 rings (SSSR count). The Morgan fingerprint density at radius 1 is 1.41 bits per heavy atom. The normalized spacial score (nSPS) is 33.2. The van der Waals surface area contributed by atoms with Crippen molar-refractivity contribution in [3.63, 3.8) is 0 Å². The van der Waals surface area contributed by atoms with Gasteiger partial charge in [-0.1, -0.05) is 18.7 Å². The number of nitrogens with zero attached hydrogens (tertiary/aromatic N) is 2. The number of thioether (sulfide) groups is 1. The molecular formula is C11H18N4OS. The van der Waals surface area contributed by atoms with Gasteiger partial charge in [-0.05, 0) is 31.6 Å². The summed E-state index contributed by atoms with van der Waals surface area (Å²) in [5.41, 5.74) is 5.96. The van der Waals surface area contributed by atoms with E-state index in [4.69, 9.17) is 5.73 Å². The third-order valence-electron chi connectivity index (χ3n) is 3.89. The Bertz CT molecular complexity index is 464. The molecule has 1 aromatic heterocycles. The lowest BCUT2D eigenvalue weighted by molar-refractivity contribution is 0.533. The standard InChI is InChI=1S/C11H18N4OS/c1-6-8(12)4-5-9(6)17-11-14-13-10(16)15(11)7-2-3-7/h6-9H,2-5,12H2,1H3,(H,13,16). The van der Waals surface area contributed by atoms with E-state index in [0.717, 1.165) is 30.8 Å². The van der Waals surface area contributed by atoms with Crippen LogP contribution >= 0.6 is 11.8 Å². The summed E-state index contributed by atoms with van der Waals surface area (Å²) in [6, 6.07) is 0.682. The maximum Gasteiger partial charge on any atom is 0.344 e. The van der Waals surface area contributed by atoms with Crippen LogP contribution in [0.3, 0.4) is 0 Å². The molecule has 5 nitrogen and oxygen atoms in total. The van der Waals surface area contributed by atoms with Crippen LogP contribution < -0.4 is 11.4 Å². The minimum atomic E-state index is -0.0649. The van der Waals surface area contributed by atoms with Crippen molar-refractivity contribution in [2.45, 2.75) is 55.1 Å². The van der Waals surface area contributed by atoms with E-state index in [2.05, 4.69) is 17.1 Å². The summed E-state index contributed by atoms with van der Waals surface area (Å²) in [5.74, 6) is 0.499. The van der Waals surface area contributed by atoms with E-state index in [9.17, 15) is 4.79 Å². The lowest BCUT2D eigenvalue weighted by Gasteiger charge is -2.16. The highest BCUT2D eigenvalue weighted by atomic mass is 32.2. The van der Waals surface area contributed by atoms with E-state index in [1.165, 1.54) is 0 Å². The van der Waals surface area contributed by atoms with Crippen LogP contribution in [-0.2, 0) is 0 Å². The van der Waals surface area contributed by atoms with Crippen molar-refractivity contribution in [2.75, 3.05) is 0 Å². The summed E-state index contributed by atoms with van der Waals surface area (Å²) < 4.78 is 1.82. The van der Waals surface area contributed by atoms with Crippen LogP contribution in [0.2, 0.25) is 0 Å². The van der Waals surface area contributed by atoms with E-state index in [1.807, 2.05) is 4.57 Å². The minimum Gasteiger partial charge on any atom is -0.327 e. The molecule has 94 valence electrons. The third-order valence-corrected chi connectivity index (χ3v) is 5.35. The van der Waals surface area contributed by atoms with Gasteiger partial charge in [-0.25, -0.2) is 9.89 Å². The summed E-state index contributed by atoms with van der Waals surface area (Å²) in [4.78, 5) is 11.6. The lowest BCUT2D eigenvalue weighted by Crippen LogP contribution is -2.26. The molecule has 1 aromatic rings. The number of rotatable bonds is 3. The molecule has 0 amide bonds. The summed E-state index contributed by atoms with van der Waals surface area (Å²) in [7, 11) is 0. The molecule has 0 saturated heterocycles. The molecule has 0 bridgehead atoms. The Labute approximate surface area is 104 Å². The van der Waals surface area contributed by atoms with Gasteiger partial charge in [0.15, 0.2) is 5.16 Å². The fourth-order valence-electron chi connectivity index (χ4n) is 2.49. The average molecular weight is 254 g/mol. The summed E-state index contributed by atoms with van der Waals surface area (Å²) >= 11 is 1.72. The summed E-state index contributed by atoms with van der Waals surface area (Å²) in [6.45, 7) is 2.20. The highest BCUT2D eigenvalue weighted by Gasteiger charge is 2.34. The molecule has 6 heteroatoms. The predicted octanol–water partition coefficient (Wildman–Crippen LogP) is 1.12. The van der Waals surface area contributed by atoms with Crippen molar-refractivity contribution in [3.8, 4) is 0 Å². The van der Waals surface area contributed by atoms with E-state index >= 15 is 0 Å². The minimum absolute atomic E-state index is 0.0649. The number of hydrogen-bond donors (Lipinski definition) is 2. The van der Waals surface area contributed by atoms with E-state index in [0.29, 0.717) is 23.3 Å². The van der Waals surface area contributed by atoms with E-state index < -0.39 is 0 Å². The first-order valence-electron chi connectivity index (χ1n) is 6.26. The van der Waals surface area contributed by atoms with Crippen molar-refractivity contribution in [2.24, 2.45) is 11.7 Å². The molecule has 0 aromatic carbocycles. The predicted molar refractivity (Wildman–Crippen MR) is 67.1 cm³/mol. The molecule has 3 N–H and O–H groups in total. The van der Waals surface area contributed by atoms with Crippen molar-refractivity contribution in [1.29, 1.82) is 0 Å². The van der Waals surface area contributed by atoms with Gasteiger partial charge in [0, 0.05) is 17.3 Å². The Balaban J connectivity index is 1.79. The second-order valence-electron chi connectivity index (χ2n) is 5.17. The highest BCUT2D eigenvalue weighted by Crippen LogP contribution is 2.41. The first-order valence-corrected chi connectivity index (χ1v) is 7.14. The second-order valence-corrected chi connectivity index (χ2v) is 6.38. The molecule has 2 saturated carbocycles. The van der Waals surface area contributed by atoms with Crippen LogP contribution in [0, 0.1) is 5.92 Å². The Hall–Kier alpha value is -0.750. The smallest absolute Gasteiger partial charge is 0.327 e. The molecule has 3 atom stereocenters. The van der Waals surface area contributed by atoms with Crippen molar-refractivity contribution < 1.29 is 0 Å². The fraction of sp³-hybridized carbons (Fsp3) is 0.818. The van der Waals surface area contributed by atoms with Crippen LogP contribution in [0.25, 0.3) is 0 Å². The van der Waals surface area contributed by atoms with Gasteiger partial charge < -0.3 is 5.73 Å². The number of nitrogens with one attached hydrogen (secondary N) is 1. The monoisotopic (exact) mass is 254 g/mol. The van der Waals surface area contributed by atoms with Gasteiger partial charge in [-0.15, -0.1) is 5.10 Å². The Kier molecular flexibility index (Phi) is 2.78. The van der Waals surface area contributed by atoms with E-state index in [-0.39, 0.29) is 5.69 Å². The SMILES string of the molecule is CC1C(N)CCC1Sc1n[nH]c(=O)n1C1CC1. The van der Waals surface area contributed by atoms with Gasteiger partial charge in [0.2, 0.25) is 0 Å². The van der Waals surface area contributed by atoms with Crippen LogP contribution in [-0.4, -0.2) is 26.1 Å². The van der Waals surface area contributed by atoms with E-state index in [1.54, 1.807) is 11.8 Å². The van der Waals surface area contributed by atoms with Crippen LogP contribution in [0.1, 0.15) is 38.6 Å². The number of H-pyrrole nitrogens is 1. The fourth-order valence-corrected chi connectivity index (χ4v) is 3.87. The maximum atomic E-state index is 11.6. The summed E-state index contributed by atoms with van der Waals surface area (Å²) in [5, 5.41) is 8.06. The molecule has 1 heterocycles. The zero-order valence-corrected chi connectivity index (χ0v) is 10.7. The topological polar surface area (TPSA) is 76.7 Å². The first kappa shape index (κ1) is 11.3. The molecule has 2 fully saturated rings. The Morgan fingerprint density at radius 2 is 2.18 bits per heavy atom. The van der Waals surface area contributed by atoms with Crippen molar-refractivity contribution in [3.05, 3.63) is 10.5 Å². The Morgan fingerprint density at radius 3 is 2.76 bits per heavy atom. The van der Waals surface area contributed by atoms with Gasteiger partial charge in [-0.2, -0.15) is 0 Å². The van der Waals surface area contributed by atoms with Crippen molar-refractivity contribution in [1.82, 2.24) is 14.8 Å². The second kappa shape index (κ2) is 4.17. The quantitative estimate of drug-likeness (QED) is 0.847. The molecule has 0 aliphatic heterocycles. The zero-order chi connectivity index (χ0) is 12.0. The van der Waals surface area contributed by atoms with Gasteiger partial charge in [0.25, 0.3) is 0 Å². The van der Waals surface area contributed by atoms with Crippen LogP contribution in [0.4, 0.5) is 0 Å². The first-order chi connectivity index (χ1) is 8.16. The maximum absolute atomic E-state index is 11.6. The number of aromatic nitrogens is 3. The number of nitrogens with two attached hydrogens (primary N) is 1. The molecule has 17 heavy (non-hydrogen) atoms.